The predicted octanol–water partition coefficient (Wildman–Crippen LogP) is 3.41. The summed E-state index contributed by atoms with van der Waals surface area (Å²) in [6, 6.07) is 13.1. The lowest BCUT2D eigenvalue weighted by Crippen LogP contribution is -2.55. The largest absolute Gasteiger partial charge is 0.508 e. The lowest BCUT2D eigenvalue weighted by atomic mass is 9.87. The molecule has 0 amide bonds. The molecule has 244 valence electrons. The maximum atomic E-state index is 12.5. The highest BCUT2D eigenvalue weighted by atomic mass is 16.6. The first-order valence-corrected chi connectivity index (χ1v) is 14.4. The minimum Gasteiger partial charge on any atom is -0.508 e. The van der Waals surface area contributed by atoms with Crippen molar-refractivity contribution in [3.8, 4) is 34.3 Å². The van der Waals surface area contributed by atoms with Crippen molar-refractivity contribution >= 4 is 34.0 Å². The fourth-order valence-corrected chi connectivity index (χ4v) is 5.59. The molecule has 47 heavy (non-hydrogen) atoms. The number of carbonyl (C=O) groups is 1. The number of aromatic hydroxyl groups is 2. The van der Waals surface area contributed by atoms with Crippen LogP contribution in [0.1, 0.15) is 17.2 Å². The van der Waals surface area contributed by atoms with Crippen LogP contribution in [-0.4, -0.2) is 76.7 Å². The van der Waals surface area contributed by atoms with Gasteiger partial charge in [-0.1, -0.05) is 12.1 Å². The Kier molecular flexibility index (Phi) is 8.62. The Hall–Kier alpha value is -5.34. The van der Waals surface area contributed by atoms with Crippen molar-refractivity contribution in [2.45, 2.75) is 30.5 Å². The minimum atomic E-state index is -1.75. The van der Waals surface area contributed by atoms with Crippen molar-refractivity contribution in [3.05, 3.63) is 88.3 Å². The summed E-state index contributed by atoms with van der Waals surface area (Å²) in [5.74, 6) is -0.891. The number of aliphatic hydroxyl groups is 3. The van der Waals surface area contributed by atoms with E-state index in [-0.39, 0.29) is 51.1 Å². The summed E-state index contributed by atoms with van der Waals surface area (Å²) in [6.07, 6.45) is -3.87. The molecule has 5 aromatic rings. The quantitative estimate of drug-likeness (QED) is 0.122. The summed E-state index contributed by atoms with van der Waals surface area (Å²) in [7, 11) is 2.68. The second-order valence-electron chi connectivity index (χ2n) is 10.8. The Morgan fingerprint density at radius 1 is 0.894 bits per heavy atom. The predicted molar refractivity (Wildman–Crippen MR) is 166 cm³/mol. The maximum absolute atomic E-state index is 12.5. The van der Waals surface area contributed by atoms with E-state index >= 15 is 0 Å². The van der Waals surface area contributed by atoms with Gasteiger partial charge in [-0.25, -0.2) is 4.79 Å². The van der Waals surface area contributed by atoms with E-state index in [2.05, 4.69) is 0 Å². The molecule has 0 saturated carbocycles. The van der Waals surface area contributed by atoms with Crippen LogP contribution in [0.5, 0.6) is 23.0 Å². The van der Waals surface area contributed by atoms with E-state index in [9.17, 15) is 35.1 Å². The first-order chi connectivity index (χ1) is 22.6. The van der Waals surface area contributed by atoms with Crippen LogP contribution >= 0.6 is 0 Å². The van der Waals surface area contributed by atoms with E-state index < -0.39 is 48.5 Å². The van der Waals surface area contributed by atoms with Crippen LogP contribution in [0.15, 0.2) is 80.6 Å². The Morgan fingerprint density at radius 2 is 1.57 bits per heavy atom. The molecule has 0 bridgehead atoms. The van der Waals surface area contributed by atoms with E-state index in [1.165, 1.54) is 63.0 Å². The van der Waals surface area contributed by atoms with Crippen LogP contribution in [0.3, 0.4) is 0 Å². The van der Waals surface area contributed by atoms with Crippen LogP contribution in [0.2, 0.25) is 0 Å². The Morgan fingerprint density at radius 3 is 2.26 bits per heavy atom. The van der Waals surface area contributed by atoms with Crippen molar-refractivity contribution < 1.29 is 58.1 Å². The minimum absolute atomic E-state index is 0.0251. The molecule has 1 aliphatic heterocycles. The number of hydrogen-bond donors (Lipinski definition) is 5. The van der Waals surface area contributed by atoms with Gasteiger partial charge < -0.3 is 53.3 Å². The SMILES string of the molecule is COc1cc(-c2oc3cc(=O)cc4occc(c2[C@@H]2O[C@H](COC(=O)C=Cc5ccc(O)cc5)[C@@H](O)[C@H](O)[C@H]2O)c43)cc(OC)c1O. The molecule has 0 aliphatic carbocycles. The third-order valence-corrected chi connectivity index (χ3v) is 7.92. The van der Waals surface area contributed by atoms with Crippen LogP contribution in [0, 0.1) is 0 Å². The van der Waals surface area contributed by atoms with E-state index in [4.69, 9.17) is 27.8 Å². The number of ether oxygens (including phenoxy) is 4. The number of phenols is 2. The van der Waals surface area contributed by atoms with Gasteiger partial charge in [0.1, 0.15) is 59.8 Å². The molecular formula is C34H30O13. The molecule has 1 aliphatic rings. The number of hydrogen-bond acceptors (Lipinski definition) is 13. The van der Waals surface area contributed by atoms with Gasteiger partial charge in [0.25, 0.3) is 0 Å². The molecule has 5 atom stereocenters. The van der Waals surface area contributed by atoms with Crippen molar-refractivity contribution in [1.29, 1.82) is 0 Å². The van der Waals surface area contributed by atoms with Gasteiger partial charge in [-0.2, -0.15) is 0 Å². The van der Waals surface area contributed by atoms with Gasteiger partial charge in [0.15, 0.2) is 16.9 Å². The number of benzene rings is 3. The molecule has 13 heteroatoms. The standard InChI is InChI=1S/C34H30O13/c1-42-23-11-17(12-24(43-2)29(23)38)33-28(20-9-10-44-21-13-19(36)14-22(46-33)27(20)21)34-32(41)31(40)30(39)25(47-34)15-45-26(37)8-5-16-3-6-18(35)7-4-16/h3-14,25,30-32,34-35,38-41H,15H2,1-2H3/t25-,30-,31+,32-,34+/m1/s1. The Balaban J connectivity index is 1.43. The zero-order valence-corrected chi connectivity index (χ0v) is 25.0. The zero-order valence-electron chi connectivity index (χ0n) is 25.0. The first kappa shape index (κ1) is 31.6. The monoisotopic (exact) mass is 646 g/mol. The summed E-state index contributed by atoms with van der Waals surface area (Å²) in [5, 5.41) is 53.9. The van der Waals surface area contributed by atoms with Crippen molar-refractivity contribution in [2.75, 3.05) is 20.8 Å². The van der Waals surface area contributed by atoms with Gasteiger partial charge in [0.05, 0.1) is 25.9 Å². The van der Waals surface area contributed by atoms with E-state index in [1.807, 2.05) is 0 Å². The van der Waals surface area contributed by atoms with Gasteiger partial charge in [-0.05, 0) is 42.0 Å². The zero-order chi connectivity index (χ0) is 33.4. The highest BCUT2D eigenvalue weighted by molar-refractivity contribution is 6.08. The van der Waals surface area contributed by atoms with Gasteiger partial charge >= 0.3 is 5.97 Å². The molecule has 0 radical (unpaired) electrons. The molecule has 2 aromatic heterocycles. The normalized spacial score (nSPS) is 21.3. The summed E-state index contributed by atoms with van der Waals surface area (Å²) in [6.45, 7) is -0.500. The van der Waals surface area contributed by atoms with Gasteiger partial charge in [0.2, 0.25) is 5.75 Å². The van der Waals surface area contributed by atoms with Crippen LogP contribution < -0.4 is 14.9 Å². The summed E-state index contributed by atoms with van der Waals surface area (Å²) < 4.78 is 34.0. The second-order valence-corrected chi connectivity index (χ2v) is 10.8. The lowest BCUT2D eigenvalue weighted by Gasteiger charge is -2.41. The number of methoxy groups -OCH3 is 2. The summed E-state index contributed by atoms with van der Waals surface area (Å²) in [5.41, 5.74) is 1.00. The van der Waals surface area contributed by atoms with Gasteiger partial charge in [-0.3, -0.25) is 4.79 Å². The third-order valence-electron chi connectivity index (χ3n) is 7.92. The topological polar surface area (TPSA) is 198 Å². The van der Waals surface area contributed by atoms with Crippen molar-refractivity contribution in [3.63, 3.8) is 0 Å². The number of aliphatic hydroxyl groups excluding tert-OH is 3. The summed E-state index contributed by atoms with van der Waals surface area (Å²) >= 11 is 0. The maximum Gasteiger partial charge on any atom is 0.330 e. The highest BCUT2D eigenvalue weighted by Gasteiger charge is 2.46. The van der Waals surface area contributed by atoms with Crippen molar-refractivity contribution in [2.24, 2.45) is 0 Å². The number of esters is 1. The Labute approximate surface area is 266 Å². The molecule has 13 nitrogen and oxygen atoms in total. The fraction of sp³-hybridized carbons (Fsp3) is 0.235. The van der Waals surface area contributed by atoms with E-state index in [1.54, 1.807) is 18.2 Å². The molecule has 1 saturated heterocycles. The smallest absolute Gasteiger partial charge is 0.330 e. The molecule has 5 N–H and O–H groups in total. The number of rotatable bonds is 8. The van der Waals surface area contributed by atoms with Crippen molar-refractivity contribution in [1.82, 2.24) is 0 Å². The van der Waals surface area contributed by atoms with E-state index in [0.717, 1.165) is 6.08 Å². The average molecular weight is 647 g/mol. The third kappa shape index (κ3) is 6.00. The second kappa shape index (κ2) is 12.8. The van der Waals surface area contributed by atoms with Gasteiger partial charge in [-0.15, -0.1) is 0 Å². The average Bonchev–Trinajstić information content (AvgIpc) is 3.07. The molecule has 6 rings (SSSR count). The molecule has 0 spiro atoms. The highest BCUT2D eigenvalue weighted by Crippen LogP contribution is 2.47. The molecule has 1 fully saturated rings. The lowest BCUT2D eigenvalue weighted by molar-refractivity contribution is -0.233. The number of phenolic OH excluding ortho intramolecular Hbond substituents is 2. The summed E-state index contributed by atoms with van der Waals surface area (Å²) in [4.78, 5) is 25.0. The molecule has 3 aromatic carbocycles. The number of carbonyl (C=O) groups excluding carboxylic acids is 1. The van der Waals surface area contributed by atoms with Crippen LogP contribution in [-0.2, 0) is 14.3 Å². The molecule has 0 unspecified atom stereocenters. The van der Waals surface area contributed by atoms with E-state index in [0.29, 0.717) is 16.3 Å². The van der Waals surface area contributed by atoms with Gasteiger partial charge in [0, 0.05) is 34.7 Å². The molecular weight excluding hydrogens is 616 g/mol. The van der Waals surface area contributed by atoms with Crippen LogP contribution in [0.4, 0.5) is 0 Å². The first-order valence-electron chi connectivity index (χ1n) is 14.4. The molecule has 3 heterocycles. The van der Waals surface area contributed by atoms with Crippen LogP contribution in [0.25, 0.3) is 39.3 Å². The Bertz CT molecular complexity index is 2000. The fourth-order valence-electron chi connectivity index (χ4n) is 5.59.